The molecule has 0 aliphatic heterocycles. The number of nitro groups is 1. The normalized spacial score (nSPS) is 11.1. The molecule has 40 heavy (non-hydrogen) atoms. The van der Waals surface area contributed by atoms with E-state index in [0.717, 1.165) is 12.1 Å². The van der Waals surface area contributed by atoms with Crippen molar-refractivity contribution in [3.05, 3.63) is 131 Å². The molecule has 5 aromatic rings. The number of hydrogen-bond acceptors (Lipinski definition) is 9. The highest BCUT2D eigenvalue weighted by Gasteiger charge is 2.34. The number of hydrogen-bond donors (Lipinski definition) is 0. The van der Waals surface area contributed by atoms with Gasteiger partial charge in [-0.3, -0.25) is 24.9 Å². The monoisotopic (exact) mass is 554 g/mol. The molecule has 0 bridgehead atoms. The van der Waals surface area contributed by atoms with Crippen molar-refractivity contribution in [2.75, 3.05) is 4.31 Å². The van der Waals surface area contributed by atoms with Crippen molar-refractivity contribution in [1.82, 2.24) is 9.97 Å². The maximum atomic E-state index is 14.0. The third kappa shape index (κ3) is 4.98. The summed E-state index contributed by atoms with van der Waals surface area (Å²) in [6, 6.07) is 19.3. The summed E-state index contributed by atoms with van der Waals surface area (Å²) in [5.41, 5.74) is -0.236. The molecule has 11 nitrogen and oxygen atoms in total. The van der Waals surface area contributed by atoms with Gasteiger partial charge in [-0.05, 0) is 42.5 Å². The van der Waals surface area contributed by atoms with Gasteiger partial charge >= 0.3 is 5.97 Å². The molecule has 198 valence electrons. The van der Waals surface area contributed by atoms with E-state index >= 15 is 0 Å². The number of aromatic nitrogens is 2. The van der Waals surface area contributed by atoms with E-state index in [1.54, 1.807) is 24.3 Å². The SMILES string of the molecule is O=C(Oc1ccc(N(C(=O)c2ccncc2)S(=O)(=O)c2cccc([N+](=O)[O-])c2)c2ccccc12)c1ccncc1. The number of amides is 1. The Morgan fingerprint density at radius 1 is 0.775 bits per heavy atom. The number of nitro benzene ring substituents is 1. The highest BCUT2D eigenvalue weighted by atomic mass is 32.2. The number of pyridine rings is 2. The number of benzene rings is 3. The van der Waals surface area contributed by atoms with Crippen LogP contribution in [0.4, 0.5) is 11.4 Å². The van der Waals surface area contributed by atoms with Crippen LogP contribution in [-0.2, 0) is 10.0 Å². The van der Waals surface area contributed by atoms with Crippen LogP contribution in [0.1, 0.15) is 20.7 Å². The number of sulfonamides is 1. The maximum Gasteiger partial charge on any atom is 0.343 e. The second kappa shape index (κ2) is 10.7. The van der Waals surface area contributed by atoms with Crippen LogP contribution in [0.3, 0.4) is 0 Å². The van der Waals surface area contributed by atoms with E-state index in [9.17, 15) is 28.1 Å². The van der Waals surface area contributed by atoms with Crippen molar-refractivity contribution < 1.29 is 27.7 Å². The topological polar surface area (TPSA) is 150 Å². The smallest absolute Gasteiger partial charge is 0.343 e. The van der Waals surface area contributed by atoms with Gasteiger partial charge in [0, 0.05) is 53.3 Å². The Balaban J connectivity index is 1.68. The van der Waals surface area contributed by atoms with Gasteiger partial charge in [0.05, 0.1) is 21.1 Å². The van der Waals surface area contributed by atoms with E-state index in [2.05, 4.69) is 9.97 Å². The molecule has 1 amide bonds. The predicted octanol–water partition coefficient (Wildman–Crippen LogP) is 4.79. The average Bonchev–Trinajstić information content (AvgIpc) is 2.99. The quantitative estimate of drug-likeness (QED) is 0.120. The van der Waals surface area contributed by atoms with Crippen LogP contribution >= 0.6 is 0 Å². The van der Waals surface area contributed by atoms with Crippen LogP contribution in [0, 0.1) is 10.1 Å². The lowest BCUT2D eigenvalue weighted by Gasteiger charge is -2.24. The fourth-order valence-corrected chi connectivity index (χ4v) is 5.46. The van der Waals surface area contributed by atoms with E-state index < -0.39 is 37.4 Å². The number of non-ortho nitro benzene ring substituents is 1. The molecule has 0 saturated heterocycles. The third-order valence-electron chi connectivity index (χ3n) is 5.88. The summed E-state index contributed by atoms with van der Waals surface area (Å²) in [6.45, 7) is 0. The van der Waals surface area contributed by atoms with Gasteiger partial charge in [-0.1, -0.05) is 30.3 Å². The fraction of sp³-hybridized carbons (Fsp3) is 0. The van der Waals surface area contributed by atoms with Crippen LogP contribution in [-0.4, -0.2) is 35.2 Å². The standard InChI is InChI=1S/C28H18N4O7S/c33-27(19-10-14-29-15-11-19)31(40(37,38)22-5-3-4-21(18-22)32(35)36)25-8-9-26(24-7-2-1-6-23(24)25)39-28(34)20-12-16-30-17-13-20/h1-18H. The largest absolute Gasteiger partial charge is 0.422 e. The van der Waals surface area contributed by atoms with Gasteiger partial charge < -0.3 is 4.74 Å². The minimum absolute atomic E-state index is 0.0151. The first-order valence-electron chi connectivity index (χ1n) is 11.7. The minimum atomic E-state index is -4.68. The van der Waals surface area contributed by atoms with E-state index in [4.69, 9.17) is 4.74 Å². The molecule has 3 aromatic carbocycles. The summed E-state index contributed by atoms with van der Waals surface area (Å²) in [5, 5.41) is 12.0. The van der Waals surface area contributed by atoms with Gasteiger partial charge in [0.2, 0.25) is 0 Å². The Morgan fingerprint density at radius 2 is 1.40 bits per heavy atom. The Labute approximate surface area is 227 Å². The van der Waals surface area contributed by atoms with Gasteiger partial charge in [-0.15, -0.1) is 0 Å². The molecular formula is C28H18N4O7S. The summed E-state index contributed by atoms with van der Waals surface area (Å²) in [7, 11) is -4.68. The number of nitrogens with zero attached hydrogens (tertiary/aromatic N) is 4. The number of carbonyl (C=O) groups excluding carboxylic acids is 2. The van der Waals surface area contributed by atoms with Gasteiger partial charge in [-0.25, -0.2) is 13.2 Å². The molecular weight excluding hydrogens is 536 g/mol. The Kier molecular flexibility index (Phi) is 7.00. The lowest BCUT2D eigenvalue weighted by molar-refractivity contribution is -0.385. The first kappa shape index (κ1) is 26.1. The second-order valence-electron chi connectivity index (χ2n) is 8.32. The molecule has 0 fully saturated rings. The second-order valence-corrected chi connectivity index (χ2v) is 10.1. The van der Waals surface area contributed by atoms with Crippen molar-refractivity contribution in [2.45, 2.75) is 4.90 Å². The molecule has 12 heteroatoms. The summed E-state index contributed by atoms with van der Waals surface area (Å²) in [4.78, 5) is 44.4. The number of ether oxygens (including phenoxy) is 1. The summed E-state index contributed by atoms with van der Waals surface area (Å²) >= 11 is 0. The Bertz CT molecular complexity index is 1860. The Hall–Kier alpha value is -5.49. The minimum Gasteiger partial charge on any atom is -0.422 e. The Morgan fingerprint density at radius 3 is 2.05 bits per heavy atom. The van der Waals surface area contributed by atoms with Crippen molar-refractivity contribution >= 4 is 44.0 Å². The molecule has 0 aliphatic carbocycles. The average molecular weight is 555 g/mol. The number of fused-ring (bicyclic) bond motifs is 1. The molecule has 0 spiro atoms. The zero-order valence-corrected chi connectivity index (χ0v) is 21.3. The van der Waals surface area contributed by atoms with Crippen molar-refractivity contribution in [3.8, 4) is 5.75 Å². The third-order valence-corrected chi connectivity index (χ3v) is 7.57. The molecule has 5 rings (SSSR count). The van der Waals surface area contributed by atoms with Crippen molar-refractivity contribution in [3.63, 3.8) is 0 Å². The van der Waals surface area contributed by atoms with Gasteiger partial charge in [0.15, 0.2) is 0 Å². The summed E-state index contributed by atoms with van der Waals surface area (Å²) in [6.07, 6.45) is 5.56. The first-order chi connectivity index (χ1) is 19.3. The van der Waals surface area contributed by atoms with E-state index in [-0.39, 0.29) is 28.0 Å². The summed E-state index contributed by atoms with van der Waals surface area (Å²) < 4.78 is 34.2. The molecule has 0 radical (unpaired) electrons. The van der Waals surface area contributed by atoms with Crippen LogP contribution in [0.25, 0.3) is 10.8 Å². The maximum absolute atomic E-state index is 14.0. The molecule has 0 atom stereocenters. The lowest BCUT2D eigenvalue weighted by Crippen LogP contribution is -2.37. The van der Waals surface area contributed by atoms with Crippen LogP contribution in [0.2, 0.25) is 0 Å². The molecule has 0 saturated carbocycles. The highest BCUT2D eigenvalue weighted by Crippen LogP contribution is 2.37. The zero-order valence-electron chi connectivity index (χ0n) is 20.4. The highest BCUT2D eigenvalue weighted by molar-refractivity contribution is 7.93. The van der Waals surface area contributed by atoms with E-state index in [1.807, 2.05) is 0 Å². The van der Waals surface area contributed by atoms with Crippen molar-refractivity contribution in [2.24, 2.45) is 0 Å². The lowest BCUT2D eigenvalue weighted by atomic mass is 10.1. The molecule has 2 aromatic heterocycles. The van der Waals surface area contributed by atoms with Gasteiger partial charge in [0.1, 0.15) is 5.75 Å². The predicted molar refractivity (Wildman–Crippen MR) is 144 cm³/mol. The number of carbonyl (C=O) groups is 2. The molecule has 2 heterocycles. The van der Waals surface area contributed by atoms with Crippen LogP contribution in [0.15, 0.2) is 115 Å². The van der Waals surface area contributed by atoms with Gasteiger partial charge in [0.25, 0.3) is 21.6 Å². The molecule has 0 aliphatic rings. The zero-order chi connectivity index (χ0) is 28.3. The number of rotatable bonds is 7. The van der Waals surface area contributed by atoms with E-state index in [1.165, 1.54) is 73.3 Å². The molecule has 0 unspecified atom stereocenters. The summed E-state index contributed by atoms with van der Waals surface area (Å²) in [5.74, 6) is -1.44. The van der Waals surface area contributed by atoms with Crippen molar-refractivity contribution in [1.29, 1.82) is 0 Å². The van der Waals surface area contributed by atoms with E-state index in [0.29, 0.717) is 9.69 Å². The van der Waals surface area contributed by atoms with Crippen LogP contribution in [0.5, 0.6) is 5.75 Å². The number of anilines is 1. The fourth-order valence-electron chi connectivity index (χ4n) is 3.99. The van der Waals surface area contributed by atoms with Crippen LogP contribution < -0.4 is 9.04 Å². The number of esters is 1. The first-order valence-corrected chi connectivity index (χ1v) is 13.1. The van der Waals surface area contributed by atoms with Gasteiger partial charge in [-0.2, -0.15) is 4.31 Å². The molecule has 0 N–H and O–H groups in total.